The van der Waals surface area contributed by atoms with Gasteiger partial charge < -0.3 is 10.2 Å². The highest BCUT2D eigenvalue weighted by Gasteiger charge is 2.18. The minimum absolute atomic E-state index is 0.0246. The molecule has 0 aliphatic heterocycles. The number of rotatable bonds is 5. The number of carbonyl (C=O) groups is 1. The maximum Gasteiger partial charge on any atom is 0.312 e. The molecule has 24 heavy (non-hydrogen) atoms. The molecule has 0 aliphatic carbocycles. The van der Waals surface area contributed by atoms with Crippen LogP contribution in [0.3, 0.4) is 0 Å². The van der Waals surface area contributed by atoms with Gasteiger partial charge in [0, 0.05) is 16.7 Å². The largest absolute Gasteiger partial charge is 0.502 e. The topological polar surface area (TPSA) is 125 Å². The van der Waals surface area contributed by atoms with Crippen LogP contribution < -0.4 is 5.43 Å². The summed E-state index contributed by atoms with van der Waals surface area (Å²) >= 11 is 5.73. The molecule has 0 aromatic heterocycles. The first-order valence-corrected chi connectivity index (χ1v) is 7.00. The number of nitro groups is 1. The van der Waals surface area contributed by atoms with Crippen molar-refractivity contribution in [2.75, 3.05) is 0 Å². The number of phenolic OH excluding ortho intramolecular Hbond substituents is 1. The van der Waals surface area contributed by atoms with Crippen molar-refractivity contribution in [3.63, 3.8) is 0 Å². The smallest absolute Gasteiger partial charge is 0.312 e. The van der Waals surface area contributed by atoms with Crippen molar-refractivity contribution in [3.8, 4) is 5.75 Å². The molecule has 9 heteroatoms. The summed E-state index contributed by atoms with van der Waals surface area (Å²) in [6.45, 7) is 0. The maximum atomic E-state index is 11.8. The van der Waals surface area contributed by atoms with E-state index in [1.54, 1.807) is 30.3 Å². The molecule has 3 N–H and O–H groups in total. The molecule has 0 saturated heterocycles. The molecule has 0 radical (unpaired) electrons. The van der Waals surface area contributed by atoms with E-state index in [1.165, 1.54) is 6.07 Å². The van der Waals surface area contributed by atoms with E-state index in [2.05, 4.69) is 10.5 Å². The van der Waals surface area contributed by atoms with E-state index in [4.69, 9.17) is 11.6 Å². The first-order valence-electron chi connectivity index (χ1n) is 6.63. The van der Waals surface area contributed by atoms with Crippen LogP contribution in [0.4, 0.5) is 5.69 Å². The van der Waals surface area contributed by atoms with Crippen molar-refractivity contribution >= 4 is 29.4 Å². The van der Waals surface area contributed by atoms with Crippen LogP contribution in [0.5, 0.6) is 5.75 Å². The van der Waals surface area contributed by atoms with Crippen molar-refractivity contribution in [2.45, 2.75) is 6.10 Å². The molecule has 1 amide bonds. The summed E-state index contributed by atoms with van der Waals surface area (Å²) in [5.74, 6) is -1.43. The summed E-state index contributed by atoms with van der Waals surface area (Å²) in [7, 11) is 0. The SMILES string of the molecule is O=C(N/N=C/c1cc(Cl)cc([N+](=O)[O-])c1O)[C@H](O)c1ccccc1. The van der Waals surface area contributed by atoms with E-state index in [0.29, 0.717) is 5.56 Å². The molecular formula is C15H12ClN3O5. The van der Waals surface area contributed by atoms with Gasteiger partial charge in [0.15, 0.2) is 6.10 Å². The van der Waals surface area contributed by atoms with Crippen molar-refractivity contribution < 1.29 is 19.9 Å². The molecule has 0 bridgehead atoms. The molecular weight excluding hydrogens is 338 g/mol. The van der Waals surface area contributed by atoms with Crippen LogP contribution in [0.15, 0.2) is 47.6 Å². The van der Waals surface area contributed by atoms with E-state index in [-0.39, 0.29) is 10.6 Å². The van der Waals surface area contributed by atoms with Gasteiger partial charge in [-0.2, -0.15) is 5.10 Å². The van der Waals surface area contributed by atoms with Crippen LogP contribution >= 0.6 is 11.6 Å². The lowest BCUT2D eigenvalue weighted by atomic mass is 10.1. The van der Waals surface area contributed by atoms with Crippen molar-refractivity contribution in [2.24, 2.45) is 5.10 Å². The molecule has 0 spiro atoms. The highest BCUT2D eigenvalue weighted by molar-refractivity contribution is 6.31. The molecule has 2 aromatic rings. The van der Waals surface area contributed by atoms with Gasteiger partial charge in [-0.3, -0.25) is 14.9 Å². The summed E-state index contributed by atoms with van der Waals surface area (Å²) in [4.78, 5) is 21.8. The van der Waals surface area contributed by atoms with Crippen molar-refractivity contribution in [3.05, 3.63) is 68.7 Å². The second-order valence-corrected chi connectivity index (χ2v) is 5.10. The molecule has 2 aromatic carbocycles. The average molecular weight is 350 g/mol. The van der Waals surface area contributed by atoms with Crippen LogP contribution in [0, 0.1) is 10.1 Å². The predicted octanol–water partition coefficient (Wildman–Crippen LogP) is 2.14. The lowest BCUT2D eigenvalue weighted by Crippen LogP contribution is -2.25. The number of halogens is 1. The minimum atomic E-state index is -1.43. The monoisotopic (exact) mass is 349 g/mol. The van der Waals surface area contributed by atoms with Gasteiger partial charge in [-0.05, 0) is 11.6 Å². The summed E-state index contributed by atoms with van der Waals surface area (Å²) in [5, 5.41) is 34.0. The Morgan fingerprint density at radius 2 is 2.00 bits per heavy atom. The summed E-state index contributed by atoms with van der Waals surface area (Å²) in [6, 6.07) is 10.4. The van der Waals surface area contributed by atoms with Gasteiger partial charge in [-0.25, -0.2) is 5.43 Å². The Hall–Kier alpha value is -2.97. The van der Waals surface area contributed by atoms with E-state index in [1.807, 2.05) is 0 Å². The number of aliphatic hydroxyl groups is 1. The third-order valence-corrected chi connectivity index (χ3v) is 3.24. The van der Waals surface area contributed by atoms with Gasteiger partial charge >= 0.3 is 5.69 Å². The summed E-state index contributed by atoms with van der Waals surface area (Å²) in [5.41, 5.74) is 1.83. The fraction of sp³-hybridized carbons (Fsp3) is 0.0667. The third kappa shape index (κ3) is 4.06. The number of amides is 1. The Morgan fingerprint density at radius 1 is 1.33 bits per heavy atom. The van der Waals surface area contributed by atoms with Gasteiger partial charge in [0.05, 0.1) is 11.1 Å². The molecule has 1 atom stereocenters. The van der Waals surface area contributed by atoms with Crippen LogP contribution in [-0.4, -0.2) is 27.3 Å². The number of hydrazone groups is 1. The Labute approximate surface area is 141 Å². The fourth-order valence-corrected chi connectivity index (χ4v) is 2.08. The summed E-state index contributed by atoms with van der Waals surface area (Å²) < 4.78 is 0. The van der Waals surface area contributed by atoms with Crippen LogP contribution in [-0.2, 0) is 4.79 Å². The number of nitrogens with zero attached hydrogens (tertiary/aromatic N) is 2. The zero-order valence-electron chi connectivity index (χ0n) is 12.1. The Kier molecular flexibility index (Phi) is 5.46. The molecule has 0 saturated carbocycles. The maximum absolute atomic E-state index is 11.8. The van der Waals surface area contributed by atoms with Gasteiger partial charge in [0.2, 0.25) is 5.75 Å². The zero-order chi connectivity index (χ0) is 17.7. The normalized spacial score (nSPS) is 12.1. The molecule has 8 nitrogen and oxygen atoms in total. The molecule has 0 unspecified atom stereocenters. The highest BCUT2D eigenvalue weighted by atomic mass is 35.5. The Balaban J connectivity index is 2.12. The predicted molar refractivity (Wildman–Crippen MR) is 86.9 cm³/mol. The highest BCUT2D eigenvalue weighted by Crippen LogP contribution is 2.32. The molecule has 2 rings (SSSR count). The molecule has 0 heterocycles. The molecule has 124 valence electrons. The number of phenols is 1. The second-order valence-electron chi connectivity index (χ2n) is 4.67. The fourth-order valence-electron chi connectivity index (χ4n) is 1.86. The van der Waals surface area contributed by atoms with Crippen molar-refractivity contribution in [1.29, 1.82) is 0 Å². The van der Waals surface area contributed by atoms with E-state index >= 15 is 0 Å². The number of benzene rings is 2. The minimum Gasteiger partial charge on any atom is -0.502 e. The second kappa shape index (κ2) is 7.53. The number of aromatic hydroxyl groups is 1. The van der Waals surface area contributed by atoms with Gasteiger partial charge in [0.1, 0.15) is 0 Å². The molecule has 0 fully saturated rings. The quantitative estimate of drug-likeness (QED) is 0.433. The van der Waals surface area contributed by atoms with Crippen LogP contribution in [0.2, 0.25) is 5.02 Å². The lowest BCUT2D eigenvalue weighted by molar-refractivity contribution is -0.385. The number of nitrogens with one attached hydrogen (secondary N) is 1. The lowest BCUT2D eigenvalue weighted by Gasteiger charge is -2.08. The number of hydrogen-bond donors (Lipinski definition) is 3. The molecule has 0 aliphatic rings. The Morgan fingerprint density at radius 3 is 2.62 bits per heavy atom. The van der Waals surface area contributed by atoms with E-state index in [9.17, 15) is 25.1 Å². The van der Waals surface area contributed by atoms with Gasteiger partial charge in [-0.15, -0.1) is 0 Å². The zero-order valence-corrected chi connectivity index (χ0v) is 12.8. The first-order chi connectivity index (χ1) is 11.4. The van der Waals surface area contributed by atoms with E-state index < -0.39 is 28.4 Å². The standard InChI is InChI=1S/C15H12ClN3O5/c16-11-6-10(13(20)12(7-11)19(23)24)8-17-18-15(22)14(21)9-4-2-1-3-5-9/h1-8,14,20-21H,(H,18,22)/b17-8+/t14-/m1/s1. The number of carbonyl (C=O) groups excluding carboxylic acids is 1. The Bertz CT molecular complexity index is 795. The average Bonchev–Trinajstić information content (AvgIpc) is 2.57. The van der Waals surface area contributed by atoms with Gasteiger partial charge in [0.25, 0.3) is 5.91 Å². The van der Waals surface area contributed by atoms with Crippen molar-refractivity contribution in [1.82, 2.24) is 5.43 Å². The van der Waals surface area contributed by atoms with Crippen LogP contribution in [0.25, 0.3) is 0 Å². The summed E-state index contributed by atoms with van der Waals surface area (Å²) in [6.07, 6.45) is -0.435. The number of nitro benzene ring substituents is 1. The van der Waals surface area contributed by atoms with Gasteiger partial charge in [-0.1, -0.05) is 41.9 Å². The number of hydrogen-bond acceptors (Lipinski definition) is 6. The third-order valence-electron chi connectivity index (χ3n) is 3.02. The van der Waals surface area contributed by atoms with E-state index in [0.717, 1.165) is 12.3 Å². The van der Waals surface area contributed by atoms with Crippen LogP contribution in [0.1, 0.15) is 17.2 Å². The first kappa shape index (κ1) is 17.4. The number of aliphatic hydroxyl groups excluding tert-OH is 1.